The molecule has 0 atom stereocenters. The fourth-order valence-electron chi connectivity index (χ4n) is 2.03. The van der Waals surface area contributed by atoms with Crippen LogP contribution in [0.4, 0.5) is 5.69 Å². The molecule has 0 radical (unpaired) electrons. The van der Waals surface area contributed by atoms with Gasteiger partial charge in [0.15, 0.2) is 0 Å². The van der Waals surface area contributed by atoms with Gasteiger partial charge in [0.05, 0.1) is 0 Å². The van der Waals surface area contributed by atoms with Gasteiger partial charge in [-0.15, -0.1) is 0 Å². The number of hydrogen-bond acceptors (Lipinski definition) is 2. The van der Waals surface area contributed by atoms with Gasteiger partial charge in [-0.25, -0.2) is 0 Å². The third kappa shape index (κ3) is 3.22. The second-order valence-corrected chi connectivity index (χ2v) is 4.89. The normalized spacial score (nSPS) is 14.4. The van der Waals surface area contributed by atoms with E-state index >= 15 is 0 Å². The molecule has 0 spiro atoms. The summed E-state index contributed by atoms with van der Waals surface area (Å²) in [6.07, 6.45) is 3.15. The Morgan fingerprint density at radius 3 is 2.79 bits per heavy atom. The number of benzene rings is 1. The maximum absolute atomic E-state index is 11.9. The van der Waals surface area contributed by atoms with Crippen molar-refractivity contribution in [3.8, 4) is 0 Å². The molecule has 1 aromatic carbocycles. The molecule has 4 nitrogen and oxygen atoms in total. The van der Waals surface area contributed by atoms with Crippen LogP contribution >= 0.6 is 0 Å². The van der Waals surface area contributed by atoms with Crippen molar-refractivity contribution >= 4 is 17.5 Å². The number of carbonyl (C=O) groups is 2. The first-order valence-corrected chi connectivity index (χ1v) is 6.42. The predicted octanol–water partition coefficient (Wildman–Crippen LogP) is 2.47. The fraction of sp³-hybridized carbons (Fsp3) is 0.333. The van der Waals surface area contributed by atoms with Gasteiger partial charge in [-0.2, -0.15) is 0 Å². The molecule has 0 unspecified atom stereocenters. The molecule has 1 aliphatic heterocycles. The van der Waals surface area contributed by atoms with Gasteiger partial charge in [0, 0.05) is 30.4 Å². The zero-order chi connectivity index (χ0) is 13.8. The minimum atomic E-state index is -0.158. The molecule has 2 rings (SSSR count). The summed E-state index contributed by atoms with van der Waals surface area (Å²) in [4.78, 5) is 25.4. The summed E-state index contributed by atoms with van der Waals surface area (Å²) < 4.78 is 0. The highest BCUT2D eigenvalue weighted by molar-refractivity contribution is 5.99. The molecule has 1 aliphatic rings. The quantitative estimate of drug-likeness (QED) is 0.905. The minimum Gasteiger partial charge on any atom is -0.329 e. The van der Waals surface area contributed by atoms with Crippen molar-refractivity contribution < 1.29 is 9.59 Å². The highest BCUT2D eigenvalue weighted by Gasteiger charge is 2.22. The van der Waals surface area contributed by atoms with Crippen LogP contribution in [-0.4, -0.2) is 18.4 Å². The SMILES string of the molecule is CC(C)=CNC(=O)c1cccc(N2CCCC2=O)c1. The van der Waals surface area contributed by atoms with E-state index in [0.29, 0.717) is 12.0 Å². The number of carbonyl (C=O) groups excluding carboxylic acids is 2. The van der Waals surface area contributed by atoms with Crippen LogP contribution in [0.2, 0.25) is 0 Å². The Labute approximate surface area is 113 Å². The highest BCUT2D eigenvalue weighted by Crippen LogP contribution is 2.22. The molecule has 4 heteroatoms. The molecule has 1 aromatic rings. The summed E-state index contributed by atoms with van der Waals surface area (Å²) in [7, 11) is 0. The number of rotatable bonds is 3. The van der Waals surface area contributed by atoms with Gasteiger partial charge in [0.25, 0.3) is 5.91 Å². The van der Waals surface area contributed by atoms with Crippen LogP contribution in [-0.2, 0) is 4.79 Å². The largest absolute Gasteiger partial charge is 0.329 e. The molecule has 1 N–H and O–H groups in total. The molecule has 1 heterocycles. The Hall–Kier alpha value is -2.10. The second kappa shape index (κ2) is 5.69. The molecule has 19 heavy (non-hydrogen) atoms. The molecule has 1 fully saturated rings. The van der Waals surface area contributed by atoms with E-state index in [1.807, 2.05) is 19.9 Å². The molecule has 1 saturated heterocycles. The standard InChI is InChI=1S/C15H18N2O2/c1-11(2)10-16-15(19)12-5-3-6-13(9-12)17-8-4-7-14(17)18/h3,5-6,9-10H,4,7-8H2,1-2H3,(H,16,19). The van der Waals surface area contributed by atoms with E-state index < -0.39 is 0 Å². The Morgan fingerprint density at radius 2 is 2.16 bits per heavy atom. The Morgan fingerprint density at radius 1 is 1.37 bits per heavy atom. The predicted molar refractivity (Wildman–Crippen MR) is 74.9 cm³/mol. The first kappa shape index (κ1) is 13.3. The lowest BCUT2D eigenvalue weighted by atomic mass is 10.1. The molecule has 0 bridgehead atoms. The van der Waals surface area contributed by atoms with Crippen LogP contribution in [0.15, 0.2) is 36.0 Å². The average Bonchev–Trinajstić information content (AvgIpc) is 2.82. The summed E-state index contributed by atoms with van der Waals surface area (Å²) in [5, 5.41) is 2.72. The highest BCUT2D eigenvalue weighted by atomic mass is 16.2. The molecule has 100 valence electrons. The topological polar surface area (TPSA) is 49.4 Å². The summed E-state index contributed by atoms with van der Waals surface area (Å²) in [5.74, 6) is -0.0310. The fourth-order valence-corrected chi connectivity index (χ4v) is 2.03. The van der Waals surface area contributed by atoms with Crippen LogP contribution in [0, 0.1) is 0 Å². The zero-order valence-electron chi connectivity index (χ0n) is 11.3. The van der Waals surface area contributed by atoms with E-state index in [2.05, 4.69) is 5.32 Å². The molecule has 0 aliphatic carbocycles. The molecular formula is C15H18N2O2. The molecule has 0 aromatic heterocycles. The lowest BCUT2D eigenvalue weighted by molar-refractivity contribution is -0.117. The van der Waals surface area contributed by atoms with Crippen LogP contribution < -0.4 is 10.2 Å². The van der Waals surface area contributed by atoms with Gasteiger partial charge in [0.2, 0.25) is 5.91 Å². The third-order valence-electron chi connectivity index (χ3n) is 2.99. The number of anilines is 1. The minimum absolute atomic E-state index is 0.127. The van der Waals surface area contributed by atoms with Crippen molar-refractivity contribution in [2.45, 2.75) is 26.7 Å². The van der Waals surface area contributed by atoms with Gasteiger partial charge in [0.1, 0.15) is 0 Å². The summed E-state index contributed by atoms with van der Waals surface area (Å²) in [5.41, 5.74) is 2.39. The van der Waals surface area contributed by atoms with Gasteiger partial charge >= 0.3 is 0 Å². The average molecular weight is 258 g/mol. The number of amides is 2. The lowest BCUT2D eigenvalue weighted by Gasteiger charge is -2.16. The lowest BCUT2D eigenvalue weighted by Crippen LogP contribution is -2.24. The Kier molecular flexibility index (Phi) is 4.00. The van der Waals surface area contributed by atoms with E-state index in [1.54, 1.807) is 29.3 Å². The maximum Gasteiger partial charge on any atom is 0.255 e. The van der Waals surface area contributed by atoms with Crippen LogP contribution in [0.25, 0.3) is 0 Å². The van der Waals surface area contributed by atoms with Gasteiger partial charge in [-0.1, -0.05) is 11.6 Å². The summed E-state index contributed by atoms with van der Waals surface area (Å²) in [6.45, 7) is 4.57. The number of nitrogens with zero attached hydrogens (tertiary/aromatic N) is 1. The molecular weight excluding hydrogens is 240 g/mol. The zero-order valence-corrected chi connectivity index (χ0v) is 11.3. The van der Waals surface area contributed by atoms with E-state index in [9.17, 15) is 9.59 Å². The van der Waals surface area contributed by atoms with Crippen molar-refractivity contribution in [2.75, 3.05) is 11.4 Å². The summed E-state index contributed by atoms with van der Waals surface area (Å²) in [6, 6.07) is 7.18. The molecule has 2 amide bonds. The van der Waals surface area contributed by atoms with Gasteiger partial charge < -0.3 is 10.2 Å². The monoisotopic (exact) mass is 258 g/mol. The Bertz CT molecular complexity index is 531. The first-order valence-electron chi connectivity index (χ1n) is 6.42. The van der Waals surface area contributed by atoms with Crippen molar-refractivity contribution in [3.05, 3.63) is 41.6 Å². The second-order valence-electron chi connectivity index (χ2n) is 4.89. The van der Waals surface area contributed by atoms with E-state index in [4.69, 9.17) is 0 Å². The van der Waals surface area contributed by atoms with E-state index in [1.165, 1.54) is 0 Å². The van der Waals surface area contributed by atoms with Gasteiger partial charge in [-0.05, 0) is 38.5 Å². The number of allylic oxidation sites excluding steroid dienone is 1. The summed E-state index contributed by atoms with van der Waals surface area (Å²) >= 11 is 0. The van der Waals surface area contributed by atoms with Crippen molar-refractivity contribution in [1.82, 2.24) is 5.32 Å². The number of hydrogen-bond donors (Lipinski definition) is 1. The smallest absolute Gasteiger partial charge is 0.255 e. The van der Waals surface area contributed by atoms with E-state index in [0.717, 1.165) is 24.2 Å². The van der Waals surface area contributed by atoms with Crippen molar-refractivity contribution in [3.63, 3.8) is 0 Å². The van der Waals surface area contributed by atoms with Crippen LogP contribution in [0.5, 0.6) is 0 Å². The first-order chi connectivity index (χ1) is 9.08. The van der Waals surface area contributed by atoms with Crippen LogP contribution in [0.1, 0.15) is 37.0 Å². The van der Waals surface area contributed by atoms with Gasteiger partial charge in [-0.3, -0.25) is 9.59 Å². The van der Waals surface area contributed by atoms with Crippen molar-refractivity contribution in [2.24, 2.45) is 0 Å². The third-order valence-corrected chi connectivity index (χ3v) is 2.99. The Balaban J connectivity index is 2.17. The molecule has 0 saturated carbocycles. The van der Waals surface area contributed by atoms with Crippen LogP contribution in [0.3, 0.4) is 0 Å². The number of nitrogens with one attached hydrogen (secondary N) is 1. The maximum atomic E-state index is 11.9. The van der Waals surface area contributed by atoms with Crippen molar-refractivity contribution in [1.29, 1.82) is 0 Å². The van der Waals surface area contributed by atoms with E-state index in [-0.39, 0.29) is 11.8 Å².